The fourth-order valence-corrected chi connectivity index (χ4v) is 2.97. The Hall–Kier alpha value is -3.35. The van der Waals surface area contributed by atoms with Gasteiger partial charge < -0.3 is 19.5 Å². The molecule has 0 spiro atoms. The number of fused-ring (bicyclic) bond motifs is 1. The van der Waals surface area contributed by atoms with Crippen LogP contribution in [0.15, 0.2) is 48.0 Å². The molecule has 0 fully saturated rings. The molecule has 2 aromatic carbocycles. The van der Waals surface area contributed by atoms with E-state index in [-0.39, 0.29) is 23.4 Å². The number of anilines is 1. The first-order valence-corrected chi connectivity index (χ1v) is 8.19. The number of aliphatic hydroxyl groups excluding tert-OH is 1. The van der Waals surface area contributed by atoms with Gasteiger partial charge in [0.25, 0.3) is 0 Å². The first-order chi connectivity index (χ1) is 13.0. The Morgan fingerprint density at radius 3 is 2.52 bits per heavy atom. The fourth-order valence-electron chi connectivity index (χ4n) is 2.97. The molecule has 0 atom stereocenters. The summed E-state index contributed by atoms with van der Waals surface area (Å²) in [4.78, 5) is 26.0. The second-order valence-electron chi connectivity index (χ2n) is 5.96. The maximum Gasteiger partial charge on any atom is 0.338 e. The summed E-state index contributed by atoms with van der Waals surface area (Å²) < 4.78 is 24.4. The number of rotatable bonds is 4. The van der Waals surface area contributed by atoms with E-state index in [4.69, 9.17) is 4.74 Å². The Labute approximate surface area is 155 Å². The SMILES string of the molecule is COC(=O)C1=C(O)c2cccc(F)c2N(Cc2ccc(OC)cc2)C(=O)C1. The van der Waals surface area contributed by atoms with Crippen molar-refractivity contribution in [2.24, 2.45) is 0 Å². The van der Waals surface area contributed by atoms with Crippen molar-refractivity contribution in [3.8, 4) is 5.75 Å². The number of hydrogen-bond donors (Lipinski definition) is 1. The minimum absolute atomic E-state index is 0.0646. The van der Waals surface area contributed by atoms with Crippen molar-refractivity contribution in [3.63, 3.8) is 0 Å². The number of hydrogen-bond acceptors (Lipinski definition) is 5. The van der Waals surface area contributed by atoms with Crippen LogP contribution in [0.1, 0.15) is 17.5 Å². The zero-order valence-electron chi connectivity index (χ0n) is 14.9. The van der Waals surface area contributed by atoms with E-state index in [1.807, 2.05) is 0 Å². The van der Waals surface area contributed by atoms with Gasteiger partial charge in [-0.2, -0.15) is 0 Å². The number of carbonyl (C=O) groups excluding carboxylic acids is 2. The fraction of sp³-hybridized carbons (Fsp3) is 0.200. The monoisotopic (exact) mass is 371 g/mol. The molecule has 140 valence electrons. The lowest BCUT2D eigenvalue weighted by molar-refractivity contribution is -0.137. The second-order valence-corrected chi connectivity index (χ2v) is 5.96. The van der Waals surface area contributed by atoms with Crippen molar-refractivity contribution in [1.29, 1.82) is 0 Å². The number of nitrogens with zero attached hydrogens (tertiary/aromatic N) is 1. The van der Waals surface area contributed by atoms with Crippen LogP contribution in [0.3, 0.4) is 0 Å². The zero-order valence-corrected chi connectivity index (χ0v) is 14.9. The highest BCUT2D eigenvalue weighted by Gasteiger charge is 2.33. The normalized spacial score (nSPS) is 13.9. The van der Waals surface area contributed by atoms with Crippen LogP contribution in [0, 0.1) is 5.82 Å². The third kappa shape index (κ3) is 3.48. The summed E-state index contributed by atoms with van der Waals surface area (Å²) in [7, 11) is 2.70. The van der Waals surface area contributed by atoms with Gasteiger partial charge in [0.15, 0.2) is 0 Å². The van der Waals surface area contributed by atoms with E-state index in [1.54, 1.807) is 31.4 Å². The topological polar surface area (TPSA) is 76.1 Å². The van der Waals surface area contributed by atoms with E-state index < -0.39 is 29.9 Å². The molecule has 0 saturated heterocycles. The number of carbonyl (C=O) groups is 2. The van der Waals surface area contributed by atoms with Crippen LogP contribution in [-0.2, 0) is 20.9 Å². The number of methoxy groups -OCH3 is 2. The molecule has 1 N–H and O–H groups in total. The van der Waals surface area contributed by atoms with Gasteiger partial charge in [0.1, 0.15) is 17.3 Å². The van der Waals surface area contributed by atoms with Gasteiger partial charge in [-0.25, -0.2) is 9.18 Å². The van der Waals surface area contributed by atoms with Gasteiger partial charge >= 0.3 is 5.97 Å². The Bertz CT molecular complexity index is 920. The van der Waals surface area contributed by atoms with Crippen molar-refractivity contribution >= 4 is 23.3 Å². The van der Waals surface area contributed by atoms with Gasteiger partial charge in [-0.05, 0) is 29.8 Å². The third-order valence-corrected chi connectivity index (χ3v) is 4.36. The average Bonchev–Trinajstić information content (AvgIpc) is 2.79. The first kappa shape index (κ1) is 18.4. The van der Waals surface area contributed by atoms with Gasteiger partial charge in [0, 0.05) is 5.56 Å². The van der Waals surface area contributed by atoms with Crippen molar-refractivity contribution in [1.82, 2.24) is 0 Å². The number of halogens is 1. The smallest absolute Gasteiger partial charge is 0.338 e. The van der Waals surface area contributed by atoms with Crippen LogP contribution >= 0.6 is 0 Å². The van der Waals surface area contributed by atoms with Crippen LogP contribution in [0.5, 0.6) is 5.75 Å². The standard InChI is InChI=1S/C20H18FNO5/c1-26-13-8-6-12(7-9-13)11-22-17(23)10-15(20(25)27-2)19(24)14-4-3-5-16(21)18(14)22/h3-9,24H,10-11H2,1-2H3. The molecule has 3 rings (SSSR count). The molecule has 1 heterocycles. The van der Waals surface area contributed by atoms with Gasteiger partial charge in [0.2, 0.25) is 5.91 Å². The predicted octanol–water partition coefficient (Wildman–Crippen LogP) is 3.21. The largest absolute Gasteiger partial charge is 0.507 e. The van der Waals surface area contributed by atoms with E-state index >= 15 is 0 Å². The van der Waals surface area contributed by atoms with Crippen LogP contribution in [-0.4, -0.2) is 31.2 Å². The summed E-state index contributed by atoms with van der Waals surface area (Å²) in [5.41, 5.74) is 0.524. The summed E-state index contributed by atoms with van der Waals surface area (Å²) in [6.45, 7) is 0.0679. The molecule has 6 nitrogen and oxygen atoms in total. The minimum atomic E-state index is -0.831. The van der Waals surface area contributed by atoms with Crippen molar-refractivity contribution in [2.75, 3.05) is 19.1 Å². The Kier molecular flexibility index (Phi) is 5.12. The maximum absolute atomic E-state index is 14.6. The predicted molar refractivity (Wildman–Crippen MR) is 96.8 cm³/mol. The van der Waals surface area contributed by atoms with Crippen molar-refractivity contribution in [2.45, 2.75) is 13.0 Å². The van der Waals surface area contributed by atoms with Gasteiger partial charge in [-0.3, -0.25) is 4.79 Å². The lowest BCUT2D eigenvalue weighted by Crippen LogP contribution is -2.31. The number of aliphatic hydroxyl groups is 1. The molecule has 27 heavy (non-hydrogen) atoms. The third-order valence-electron chi connectivity index (χ3n) is 4.36. The lowest BCUT2D eigenvalue weighted by atomic mass is 10.1. The molecular weight excluding hydrogens is 353 g/mol. The highest BCUT2D eigenvalue weighted by atomic mass is 19.1. The molecule has 2 aromatic rings. The van der Waals surface area contributed by atoms with Crippen molar-refractivity contribution < 1.29 is 28.6 Å². The zero-order chi connectivity index (χ0) is 19.6. The van der Waals surface area contributed by atoms with Gasteiger partial charge in [-0.15, -0.1) is 0 Å². The van der Waals surface area contributed by atoms with E-state index in [1.165, 1.54) is 23.1 Å². The molecular formula is C20H18FNO5. The minimum Gasteiger partial charge on any atom is -0.507 e. The van der Waals surface area contributed by atoms with E-state index in [0.29, 0.717) is 5.75 Å². The summed E-state index contributed by atoms with van der Waals surface area (Å²) >= 11 is 0. The molecule has 1 aliphatic rings. The number of ether oxygens (including phenoxy) is 2. The summed E-state index contributed by atoms with van der Waals surface area (Å²) in [5.74, 6) is -1.84. The number of para-hydroxylation sites is 1. The summed E-state index contributed by atoms with van der Waals surface area (Å²) in [6, 6.07) is 11.0. The number of amides is 1. The Balaban J connectivity index is 2.08. The molecule has 0 bridgehead atoms. The summed E-state index contributed by atoms with van der Waals surface area (Å²) in [5, 5.41) is 10.5. The van der Waals surface area contributed by atoms with E-state index in [0.717, 1.165) is 12.7 Å². The Morgan fingerprint density at radius 1 is 1.19 bits per heavy atom. The van der Waals surface area contributed by atoms with Gasteiger partial charge in [0.05, 0.1) is 38.4 Å². The van der Waals surface area contributed by atoms with Crippen LogP contribution < -0.4 is 9.64 Å². The highest BCUT2D eigenvalue weighted by Crippen LogP contribution is 2.36. The molecule has 1 amide bonds. The second kappa shape index (κ2) is 7.49. The first-order valence-electron chi connectivity index (χ1n) is 8.19. The highest BCUT2D eigenvalue weighted by molar-refractivity contribution is 6.09. The molecule has 0 aliphatic carbocycles. The lowest BCUT2D eigenvalue weighted by Gasteiger charge is -2.24. The summed E-state index contributed by atoms with van der Waals surface area (Å²) in [6.07, 6.45) is -0.400. The average molecular weight is 371 g/mol. The molecule has 1 aliphatic heterocycles. The van der Waals surface area contributed by atoms with E-state index in [2.05, 4.69) is 4.74 Å². The van der Waals surface area contributed by atoms with Crippen LogP contribution in [0.25, 0.3) is 5.76 Å². The molecule has 0 aromatic heterocycles. The van der Waals surface area contributed by atoms with Crippen LogP contribution in [0.4, 0.5) is 10.1 Å². The maximum atomic E-state index is 14.6. The van der Waals surface area contributed by atoms with Gasteiger partial charge in [-0.1, -0.05) is 18.2 Å². The van der Waals surface area contributed by atoms with Crippen LogP contribution in [0.2, 0.25) is 0 Å². The Morgan fingerprint density at radius 2 is 1.89 bits per heavy atom. The quantitative estimate of drug-likeness (QED) is 0.836. The number of esters is 1. The molecule has 0 radical (unpaired) electrons. The molecule has 7 heteroatoms. The van der Waals surface area contributed by atoms with Crippen molar-refractivity contribution in [3.05, 3.63) is 65.0 Å². The molecule has 0 saturated carbocycles. The molecule has 0 unspecified atom stereocenters. The number of benzene rings is 2. The van der Waals surface area contributed by atoms with E-state index in [9.17, 15) is 19.1 Å².